The van der Waals surface area contributed by atoms with E-state index in [0.717, 1.165) is 44.9 Å². The van der Waals surface area contributed by atoms with E-state index in [1.807, 2.05) is 27.2 Å². The Kier molecular flexibility index (Phi) is 36.0. The molecule has 8 nitrogen and oxygen atoms in total. The van der Waals surface area contributed by atoms with Crippen molar-refractivity contribution in [2.24, 2.45) is 0 Å². The topological polar surface area (TPSA) is 108 Å². The molecule has 316 valence electrons. The standard InChI is InChI=1S/C45H85N2O6P/c1-6-8-10-12-14-16-18-20-22-23-25-26-28-30-32-34-36-38-44(48)43(42-53-54(50,51)52-41-40-47(3,4)5)46-45(49)39-37-35-33-31-29-27-24-21-19-17-15-13-11-9-7-2/h17,19,22-23,28,30,36,38,43-44,48H,6-16,18,20-21,24-27,29,31-35,37,39-42H2,1-5H3,(H-,46,49,50,51)/b19-17-,23-22+,30-28+,38-36+. The number of amides is 1. The number of quaternary nitrogens is 1. The van der Waals surface area contributed by atoms with Crippen LogP contribution in [0.25, 0.3) is 0 Å². The molecule has 2 N–H and O–H groups in total. The summed E-state index contributed by atoms with van der Waals surface area (Å²) < 4.78 is 23.1. The summed E-state index contributed by atoms with van der Waals surface area (Å²) in [5.41, 5.74) is 0. The lowest BCUT2D eigenvalue weighted by molar-refractivity contribution is -0.870. The van der Waals surface area contributed by atoms with Gasteiger partial charge in [-0.3, -0.25) is 9.36 Å². The lowest BCUT2D eigenvalue weighted by Crippen LogP contribution is -2.45. The van der Waals surface area contributed by atoms with Crippen molar-refractivity contribution in [1.29, 1.82) is 0 Å². The van der Waals surface area contributed by atoms with Crippen LogP contribution in [0, 0.1) is 0 Å². The largest absolute Gasteiger partial charge is 0.756 e. The van der Waals surface area contributed by atoms with E-state index in [4.69, 9.17) is 9.05 Å². The van der Waals surface area contributed by atoms with Crippen LogP contribution in [0.2, 0.25) is 0 Å². The van der Waals surface area contributed by atoms with Gasteiger partial charge >= 0.3 is 0 Å². The SMILES string of the molecule is CCCCCC/C=C\CCCCCCCCCC(=O)NC(COP(=O)([O-])OCC[N+](C)(C)C)C(O)/C=C/CC/C=C/CC/C=C/CCCCCCCCC. The van der Waals surface area contributed by atoms with Gasteiger partial charge in [0.25, 0.3) is 7.82 Å². The number of unbranched alkanes of at least 4 members (excludes halogenated alkanes) is 20. The Bertz CT molecular complexity index is 1020. The van der Waals surface area contributed by atoms with Gasteiger partial charge in [-0.1, -0.05) is 152 Å². The van der Waals surface area contributed by atoms with Crippen LogP contribution in [-0.4, -0.2) is 68.5 Å². The highest BCUT2D eigenvalue weighted by Crippen LogP contribution is 2.38. The highest BCUT2D eigenvalue weighted by atomic mass is 31.2. The van der Waals surface area contributed by atoms with E-state index >= 15 is 0 Å². The molecule has 54 heavy (non-hydrogen) atoms. The molecule has 0 radical (unpaired) electrons. The van der Waals surface area contributed by atoms with Crippen LogP contribution >= 0.6 is 7.82 Å². The lowest BCUT2D eigenvalue weighted by Gasteiger charge is -2.29. The van der Waals surface area contributed by atoms with Crippen LogP contribution in [0.15, 0.2) is 48.6 Å². The first-order valence-electron chi connectivity index (χ1n) is 22.0. The molecule has 3 atom stereocenters. The quantitative estimate of drug-likeness (QED) is 0.0278. The second kappa shape index (κ2) is 37.1. The van der Waals surface area contributed by atoms with Gasteiger partial charge in [-0.05, 0) is 70.6 Å². The Morgan fingerprint density at radius 3 is 1.52 bits per heavy atom. The van der Waals surface area contributed by atoms with Crippen molar-refractivity contribution in [2.45, 2.75) is 193 Å². The Labute approximate surface area is 333 Å². The monoisotopic (exact) mass is 781 g/mol. The average Bonchev–Trinajstić information content (AvgIpc) is 3.12. The number of aliphatic hydroxyl groups excluding tert-OH is 1. The molecule has 9 heteroatoms. The minimum absolute atomic E-state index is 0.0109. The fourth-order valence-corrected chi connectivity index (χ4v) is 6.66. The molecule has 0 aliphatic rings. The van der Waals surface area contributed by atoms with Gasteiger partial charge in [0.15, 0.2) is 0 Å². The predicted molar refractivity (Wildman–Crippen MR) is 228 cm³/mol. The zero-order chi connectivity index (χ0) is 40.0. The summed E-state index contributed by atoms with van der Waals surface area (Å²) in [6.07, 6.45) is 45.8. The van der Waals surface area contributed by atoms with Gasteiger partial charge in [-0.2, -0.15) is 0 Å². The fraction of sp³-hybridized carbons (Fsp3) is 0.800. The van der Waals surface area contributed by atoms with Crippen molar-refractivity contribution in [3.8, 4) is 0 Å². The van der Waals surface area contributed by atoms with Crippen molar-refractivity contribution >= 4 is 13.7 Å². The summed E-state index contributed by atoms with van der Waals surface area (Å²) >= 11 is 0. The van der Waals surface area contributed by atoms with Crippen LogP contribution in [0.3, 0.4) is 0 Å². The van der Waals surface area contributed by atoms with E-state index in [0.29, 0.717) is 17.4 Å². The third-order valence-electron chi connectivity index (χ3n) is 9.49. The molecule has 0 fully saturated rings. The number of carbonyl (C=O) groups excluding carboxylic acids is 1. The number of aliphatic hydroxyl groups is 1. The smallest absolute Gasteiger partial charge is 0.268 e. The van der Waals surface area contributed by atoms with E-state index in [1.165, 1.54) is 116 Å². The van der Waals surface area contributed by atoms with Crippen molar-refractivity contribution in [3.05, 3.63) is 48.6 Å². The average molecular weight is 781 g/mol. The maximum absolute atomic E-state index is 12.8. The number of phosphoric acid groups is 1. The molecular weight excluding hydrogens is 695 g/mol. The zero-order valence-corrected chi connectivity index (χ0v) is 36.6. The number of phosphoric ester groups is 1. The summed E-state index contributed by atoms with van der Waals surface area (Å²) in [6.45, 7) is 4.58. The van der Waals surface area contributed by atoms with Gasteiger partial charge in [0.1, 0.15) is 13.2 Å². The normalized spacial score (nSPS) is 14.9. The van der Waals surface area contributed by atoms with Gasteiger partial charge in [0, 0.05) is 6.42 Å². The highest BCUT2D eigenvalue weighted by Gasteiger charge is 2.23. The Hall–Kier alpha value is -1.54. The molecule has 0 aromatic heterocycles. The zero-order valence-electron chi connectivity index (χ0n) is 35.7. The first kappa shape index (κ1) is 52.5. The molecule has 0 rings (SSSR count). The van der Waals surface area contributed by atoms with Gasteiger partial charge in [0.2, 0.25) is 5.91 Å². The molecule has 3 unspecified atom stereocenters. The number of carbonyl (C=O) groups is 1. The predicted octanol–water partition coefficient (Wildman–Crippen LogP) is 11.4. The Morgan fingerprint density at radius 1 is 0.630 bits per heavy atom. The van der Waals surface area contributed by atoms with Crippen LogP contribution < -0.4 is 10.2 Å². The number of rotatable bonds is 39. The molecule has 0 aromatic rings. The van der Waals surface area contributed by atoms with Crippen LogP contribution in [0.4, 0.5) is 0 Å². The van der Waals surface area contributed by atoms with E-state index < -0.39 is 26.6 Å². The van der Waals surface area contributed by atoms with Crippen LogP contribution in [0.5, 0.6) is 0 Å². The minimum Gasteiger partial charge on any atom is -0.756 e. The van der Waals surface area contributed by atoms with Crippen molar-refractivity contribution in [3.63, 3.8) is 0 Å². The van der Waals surface area contributed by atoms with Crippen molar-refractivity contribution in [2.75, 3.05) is 40.9 Å². The van der Waals surface area contributed by atoms with E-state index in [-0.39, 0.29) is 12.5 Å². The summed E-state index contributed by atoms with van der Waals surface area (Å²) in [5, 5.41) is 13.7. The molecule has 0 saturated carbocycles. The second-order valence-corrected chi connectivity index (χ2v) is 17.4. The van der Waals surface area contributed by atoms with E-state index in [2.05, 4.69) is 55.6 Å². The third kappa shape index (κ3) is 38.7. The first-order chi connectivity index (χ1) is 26.0. The molecule has 0 aliphatic heterocycles. The van der Waals surface area contributed by atoms with Gasteiger partial charge in [-0.15, -0.1) is 0 Å². The molecular formula is C45H85N2O6P. The van der Waals surface area contributed by atoms with Crippen LogP contribution in [0.1, 0.15) is 181 Å². The molecule has 0 aliphatic carbocycles. The maximum atomic E-state index is 12.8. The lowest BCUT2D eigenvalue weighted by atomic mass is 10.1. The van der Waals surface area contributed by atoms with Crippen LogP contribution in [-0.2, 0) is 18.4 Å². The summed E-state index contributed by atoms with van der Waals surface area (Å²) in [6, 6.07) is -0.910. The third-order valence-corrected chi connectivity index (χ3v) is 10.5. The molecule has 1 amide bonds. The minimum atomic E-state index is -4.60. The summed E-state index contributed by atoms with van der Waals surface area (Å²) in [5.74, 6) is -0.219. The molecule has 0 heterocycles. The number of allylic oxidation sites excluding steroid dienone is 7. The Morgan fingerprint density at radius 2 is 1.04 bits per heavy atom. The number of hydrogen-bond donors (Lipinski definition) is 2. The van der Waals surface area contributed by atoms with Gasteiger partial charge in [-0.25, -0.2) is 0 Å². The summed E-state index contributed by atoms with van der Waals surface area (Å²) in [4.78, 5) is 25.3. The number of likely N-dealkylation sites (N-methyl/N-ethyl adjacent to an activating group) is 1. The molecule has 0 spiro atoms. The number of nitrogens with zero attached hydrogens (tertiary/aromatic N) is 1. The fourth-order valence-electron chi connectivity index (χ4n) is 5.94. The second-order valence-electron chi connectivity index (χ2n) is 16.0. The Balaban J connectivity index is 4.54. The highest BCUT2D eigenvalue weighted by molar-refractivity contribution is 7.45. The summed E-state index contributed by atoms with van der Waals surface area (Å²) in [7, 11) is 1.23. The molecule has 0 saturated heterocycles. The number of nitrogens with one attached hydrogen (secondary N) is 1. The number of hydrogen-bond acceptors (Lipinski definition) is 6. The van der Waals surface area contributed by atoms with E-state index in [9.17, 15) is 19.4 Å². The van der Waals surface area contributed by atoms with Gasteiger partial charge in [0.05, 0.1) is 39.9 Å². The maximum Gasteiger partial charge on any atom is 0.268 e. The van der Waals surface area contributed by atoms with E-state index in [1.54, 1.807) is 6.08 Å². The molecule has 0 bridgehead atoms. The molecule has 0 aromatic carbocycles. The van der Waals surface area contributed by atoms with Crippen molar-refractivity contribution < 1.29 is 32.9 Å². The van der Waals surface area contributed by atoms with Crippen molar-refractivity contribution in [1.82, 2.24) is 5.32 Å². The first-order valence-corrected chi connectivity index (χ1v) is 23.5. The van der Waals surface area contributed by atoms with Gasteiger partial charge < -0.3 is 28.8 Å².